The van der Waals surface area contributed by atoms with Gasteiger partial charge in [0.1, 0.15) is 16.3 Å². The lowest BCUT2D eigenvalue weighted by Gasteiger charge is -2.25. The number of carbonyl (C=O) groups is 3. The van der Waals surface area contributed by atoms with Crippen LogP contribution in [0, 0.1) is 0 Å². The fourth-order valence-electron chi connectivity index (χ4n) is 3.27. The lowest BCUT2D eigenvalue weighted by atomic mass is 10.0. The van der Waals surface area contributed by atoms with Gasteiger partial charge in [0.2, 0.25) is 5.91 Å². The van der Waals surface area contributed by atoms with Gasteiger partial charge in [-0.15, -0.1) is 0 Å². The highest BCUT2D eigenvalue weighted by Crippen LogP contribution is 2.30. The molecular weight excluding hydrogens is 452 g/mol. The van der Waals surface area contributed by atoms with E-state index in [1.807, 2.05) is 6.07 Å². The molecule has 0 saturated heterocycles. The van der Waals surface area contributed by atoms with E-state index in [0.29, 0.717) is 15.8 Å². The molecule has 1 aliphatic rings. The molecule has 30 heavy (non-hydrogen) atoms. The van der Waals surface area contributed by atoms with E-state index < -0.39 is 23.5 Å². The third-order valence-corrected chi connectivity index (χ3v) is 5.36. The van der Waals surface area contributed by atoms with Crippen molar-refractivity contribution in [3.8, 4) is 0 Å². The Morgan fingerprint density at radius 1 is 1.37 bits per heavy atom. The first kappa shape index (κ1) is 23.6. The van der Waals surface area contributed by atoms with Crippen LogP contribution in [0.3, 0.4) is 0 Å². The molecule has 1 atom stereocenters. The van der Waals surface area contributed by atoms with Crippen molar-refractivity contribution in [3.63, 3.8) is 0 Å². The topological polar surface area (TPSA) is 128 Å². The largest absolute Gasteiger partial charge is 0.460 e. The Bertz CT molecular complexity index is 918. The highest BCUT2D eigenvalue weighted by Gasteiger charge is 2.36. The Balaban J connectivity index is 2.22. The van der Waals surface area contributed by atoms with Crippen LogP contribution in [0.4, 0.5) is 0 Å². The number of fused-ring (bicyclic) bond motifs is 1. The molecule has 1 aliphatic heterocycles. The van der Waals surface area contributed by atoms with Crippen molar-refractivity contribution in [2.45, 2.75) is 51.8 Å². The van der Waals surface area contributed by atoms with Crippen molar-refractivity contribution in [1.82, 2.24) is 4.90 Å². The predicted molar refractivity (Wildman–Crippen MR) is 119 cm³/mol. The van der Waals surface area contributed by atoms with E-state index in [1.54, 1.807) is 40.0 Å². The van der Waals surface area contributed by atoms with E-state index in [4.69, 9.17) is 16.2 Å². The molecule has 0 saturated carbocycles. The second-order valence-electron chi connectivity index (χ2n) is 7.94. The molecule has 1 aromatic rings. The number of halogens is 1. The van der Waals surface area contributed by atoms with Gasteiger partial charge in [-0.1, -0.05) is 6.07 Å². The van der Waals surface area contributed by atoms with E-state index in [9.17, 15) is 14.4 Å². The number of nitrogens with zero attached hydrogens (tertiary/aromatic N) is 2. The van der Waals surface area contributed by atoms with Crippen LogP contribution in [0.2, 0.25) is 0 Å². The number of hydrogen-bond donors (Lipinski definition) is 2. The zero-order valence-corrected chi connectivity index (χ0v) is 19.2. The fraction of sp³-hybridized carbons (Fsp3) is 0.429. The summed E-state index contributed by atoms with van der Waals surface area (Å²) in [5.74, 6) is -1.41. The quantitative estimate of drug-likeness (QED) is 0.458. The molecule has 2 amide bonds. The maximum Gasteiger partial charge on any atom is 0.306 e. The molecular formula is C21H27BrN4O4. The van der Waals surface area contributed by atoms with Crippen LogP contribution < -0.4 is 11.5 Å². The van der Waals surface area contributed by atoms with Crippen molar-refractivity contribution in [2.75, 3.05) is 7.05 Å². The Morgan fingerprint density at radius 3 is 2.57 bits per heavy atom. The summed E-state index contributed by atoms with van der Waals surface area (Å²) >= 11 is 3.36. The van der Waals surface area contributed by atoms with Crippen molar-refractivity contribution in [1.29, 1.82) is 0 Å². The highest BCUT2D eigenvalue weighted by atomic mass is 79.9. The number of ether oxygens (including phenoxy) is 1. The third kappa shape index (κ3) is 5.47. The molecule has 4 N–H and O–H groups in total. The van der Waals surface area contributed by atoms with Crippen LogP contribution in [0.5, 0.6) is 0 Å². The van der Waals surface area contributed by atoms with E-state index in [0.717, 1.165) is 11.1 Å². The van der Waals surface area contributed by atoms with Crippen molar-refractivity contribution < 1.29 is 19.1 Å². The molecule has 2 rings (SSSR count). The van der Waals surface area contributed by atoms with Crippen LogP contribution in [0.15, 0.2) is 29.4 Å². The molecule has 8 nitrogen and oxygen atoms in total. The number of nitrogens with two attached hydrogens (primary N) is 2. The second kappa shape index (κ2) is 9.42. The van der Waals surface area contributed by atoms with E-state index >= 15 is 0 Å². The van der Waals surface area contributed by atoms with Crippen molar-refractivity contribution in [2.24, 2.45) is 16.5 Å². The number of primary amides is 1. The minimum absolute atomic E-state index is 0.0176. The van der Waals surface area contributed by atoms with Gasteiger partial charge in [-0.3, -0.25) is 19.4 Å². The average molecular weight is 479 g/mol. The van der Waals surface area contributed by atoms with Gasteiger partial charge in [-0.05, 0) is 66.4 Å². The number of rotatable bonds is 7. The normalized spacial score (nSPS) is 15.8. The maximum atomic E-state index is 12.9. The lowest BCUT2D eigenvalue weighted by molar-refractivity contribution is -0.155. The number of aliphatic imine (C=N–C) groups is 1. The zero-order chi connectivity index (χ0) is 22.6. The van der Waals surface area contributed by atoms with E-state index in [2.05, 4.69) is 20.9 Å². The summed E-state index contributed by atoms with van der Waals surface area (Å²) in [5.41, 5.74) is 13.4. The highest BCUT2D eigenvalue weighted by molar-refractivity contribution is 9.18. The summed E-state index contributed by atoms with van der Waals surface area (Å²) in [4.78, 5) is 42.5. The summed E-state index contributed by atoms with van der Waals surface area (Å²) in [5, 5.41) is 0. The number of carbonyl (C=O) groups excluding carboxylic acids is 3. The van der Waals surface area contributed by atoms with E-state index in [-0.39, 0.29) is 25.3 Å². The van der Waals surface area contributed by atoms with Gasteiger partial charge in [-0.2, -0.15) is 0 Å². The molecule has 0 aromatic heterocycles. The van der Waals surface area contributed by atoms with Crippen molar-refractivity contribution in [3.05, 3.63) is 41.1 Å². The summed E-state index contributed by atoms with van der Waals surface area (Å²) < 4.78 is 5.86. The van der Waals surface area contributed by atoms with Gasteiger partial charge < -0.3 is 21.1 Å². The number of amides is 2. The molecule has 9 heteroatoms. The average Bonchev–Trinajstić information content (AvgIpc) is 2.96. The number of benzene rings is 1. The molecule has 0 radical (unpaired) electrons. The SMILES string of the molecule is CN=C(Br)/C(=C\N)c1ccc2c(c1)CN(C(CCC(=O)OC(C)(C)C)C(N)=O)C2=O. The van der Waals surface area contributed by atoms with Gasteiger partial charge in [-0.25, -0.2) is 0 Å². The van der Waals surface area contributed by atoms with Crippen molar-refractivity contribution >= 4 is 43.9 Å². The van der Waals surface area contributed by atoms with E-state index in [1.165, 1.54) is 11.1 Å². The lowest BCUT2D eigenvalue weighted by Crippen LogP contribution is -2.45. The first-order chi connectivity index (χ1) is 14.0. The maximum absolute atomic E-state index is 12.9. The van der Waals surface area contributed by atoms with Crippen LogP contribution in [-0.4, -0.2) is 46.0 Å². The van der Waals surface area contributed by atoms with Gasteiger partial charge in [0, 0.05) is 37.3 Å². The monoisotopic (exact) mass is 478 g/mol. The fourth-order valence-corrected chi connectivity index (χ4v) is 3.63. The molecule has 0 aliphatic carbocycles. The Hall–Kier alpha value is -2.68. The number of esters is 1. The molecule has 0 bridgehead atoms. The van der Waals surface area contributed by atoms with Crippen LogP contribution >= 0.6 is 15.9 Å². The third-order valence-electron chi connectivity index (χ3n) is 4.58. The standard InChI is InChI=1S/C21H27BrN4O4/c1-21(2,3)30-17(27)8-7-16(19(24)28)26-11-13-9-12(5-6-14(13)20(26)29)15(10-23)18(22)25-4/h5-6,9-10,16H,7-8,11,23H2,1-4H3,(H2,24,28)/b15-10-,25-18?. The second-order valence-corrected chi connectivity index (χ2v) is 8.69. The Morgan fingerprint density at radius 2 is 2.03 bits per heavy atom. The smallest absolute Gasteiger partial charge is 0.306 e. The number of allylic oxidation sites excluding steroid dienone is 1. The number of hydrogen-bond acceptors (Lipinski definition) is 6. The molecule has 0 fully saturated rings. The first-order valence-corrected chi connectivity index (χ1v) is 10.3. The minimum Gasteiger partial charge on any atom is -0.460 e. The van der Waals surface area contributed by atoms with Gasteiger partial charge in [0.05, 0.1) is 0 Å². The van der Waals surface area contributed by atoms with Gasteiger partial charge >= 0.3 is 5.97 Å². The van der Waals surface area contributed by atoms with Gasteiger partial charge in [0.25, 0.3) is 5.91 Å². The predicted octanol–water partition coefficient (Wildman–Crippen LogP) is 2.34. The van der Waals surface area contributed by atoms with Crippen LogP contribution in [-0.2, 0) is 20.9 Å². The zero-order valence-electron chi connectivity index (χ0n) is 17.6. The molecule has 0 spiro atoms. The Labute approximate surface area is 184 Å². The molecule has 1 aromatic carbocycles. The van der Waals surface area contributed by atoms with Crippen LogP contribution in [0.1, 0.15) is 55.1 Å². The van der Waals surface area contributed by atoms with Crippen LogP contribution in [0.25, 0.3) is 5.57 Å². The first-order valence-electron chi connectivity index (χ1n) is 9.48. The van der Waals surface area contributed by atoms with Gasteiger partial charge in [0.15, 0.2) is 0 Å². The summed E-state index contributed by atoms with van der Waals surface area (Å²) in [6.45, 7) is 5.50. The minimum atomic E-state index is -0.908. The molecule has 1 heterocycles. The summed E-state index contributed by atoms with van der Waals surface area (Å²) in [6.07, 6.45) is 1.51. The Kier molecular flexibility index (Phi) is 7.41. The molecule has 162 valence electrons. The summed E-state index contributed by atoms with van der Waals surface area (Å²) in [7, 11) is 1.63. The summed E-state index contributed by atoms with van der Waals surface area (Å²) in [6, 6.07) is 4.39. The molecule has 1 unspecified atom stereocenters.